The molecule has 0 unspecified atom stereocenters. The van der Waals surface area contributed by atoms with E-state index in [4.69, 9.17) is 10.5 Å². The van der Waals surface area contributed by atoms with Gasteiger partial charge in [0.15, 0.2) is 0 Å². The van der Waals surface area contributed by atoms with Crippen molar-refractivity contribution in [2.45, 2.75) is 31.5 Å². The summed E-state index contributed by atoms with van der Waals surface area (Å²) in [5, 5.41) is 23.3. The van der Waals surface area contributed by atoms with Gasteiger partial charge in [-0.05, 0) is 23.3 Å². The zero-order valence-electron chi connectivity index (χ0n) is 16.5. The van der Waals surface area contributed by atoms with Crippen LogP contribution in [0.3, 0.4) is 0 Å². The topological polar surface area (TPSA) is 168 Å². The second-order valence-corrected chi connectivity index (χ2v) is 6.70. The highest BCUT2D eigenvalue weighted by Crippen LogP contribution is 2.12. The van der Waals surface area contributed by atoms with Crippen molar-refractivity contribution in [2.75, 3.05) is 0 Å². The van der Waals surface area contributed by atoms with E-state index >= 15 is 0 Å². The van der Waals surface area contributed by atoms with E-state index in [9.17, 15) is 29.4 Å². The maximum absolute atomic E-state index is 12.6. The van der Waals surface area contributed by atoms with E-state index in [2.05, 4.69) is 10.6 Å². The summed E-state index contributed by atoms with van der Waals surface area (Å²) in [6, 6.07) is 11.8. The molecular formula is C21H23N3O7. The van der Waals surface area contributed by atoms with Gasteiger partial charge in [-0.15, -0.1) is 0 Å². The Kier molecular flexibility index (Phi) is 8.38. The monoisotopic (exact) mass is 429 g/mol. The molecular weight excluding hydrogens is 406 g/mol. The summed E-state index contributed by atoms with van der Waals surface area (Å²) in [5.41, 5.74) is 6.41. The lowest BCUT2D eigenvalue weighted by molar-refractivity contribution is -0.142. The quantitative estimate of drug-likeness (QED) is 0.370. The summed E-state index contributed by atoms with van der Waals surface area (Å²) in [5.74, 6) is -3.07. The van der Waals surface area contributed by atoms with Crippen LogP contribution in [0.4, 0.5) is 4.79 Å². The molecule has 0 aliphatic heterocycles. The van der Waals surface area contributed by atoms with Gasteiger partial charge in [-0.1, -0.05) is 42.5 Å². The molecule has 0 heterocycles. The third kappa shape index (κ3) is 8.05. The Hall–Kier alpha value is -4.08. The Labute approximate surface area is 178 Å². The molecule has 0 saturated carbocycles. The fourth-order valence-electron chi connectivity index (χ4n) is 2.66. The Morgan fingerprint density at radius 2 is 1.55 bits per heavy atom. The highest BCUT2D eigenvalue weighted by Gasteiger charge is 2.28. The van der Waals surface area contributed by atoms with Crippen LogP contribution in [-0.4, -0.2) is 46.2 Å². The van der Waals surface area contributed by atoms with Crippen LogP contribution >= 0.6 is 0 Å². The first-order valence-corrected chi connectivity index (χ1v) is 9.31. The summed E-state index contributed by atoms with van der Waals surface area (Å²) in [4.78, 5) is 47.5. The standard InChI is InChI=1S/C21H23N3O7/c22-18(26)11-16(24-21(30)31-12-14-4-2-1-3-5-14)19(27)23-17(20(28)29)10-13-6-8-15(25)9-7-13/h1-9,16-17,25H,10-12H2,(H2,22,26)(H,23,27)(H,24,30)(H,28,29)/t16-,17+/m0/s1. The molecule has 0 fully saturated rings. The molecule has 2 atom stereocenters. The first kappa shape index (κ1) is 23.2. The van der Waals surface area contributed by atoms with Crippen molar-refractivity contribution in [3.05, 3.63) is 65.7 Å². The van der Waals surface area contributed by atoms with Gasteiger partial charge < -0.3 is 31.3 Å². The number of carboxylic acid groups (broad SMARTS) is 1. The smallest absolute Gasteiger partial charge is 0.408 e. The van der Waals surface area contributed by atoms with Gasteiger partial charge in [0.2, 0.25) is 11.8 Å². The second-order valence-electron chi connectivity index (χ2n) is 6.70. The Morgan fingerprint density at radius 3 is 2.13 bits per heavy atom. The number of phenolic OH excluding ortho intramolecular Hbond substituents is 1. The van der Waals surface area contributed by atoms with Gasteiger partial charge >= 0.3 is 12.1 Å². The summed E-state index contributed by atoms with van der Waals surface area (Å²) in [6.07, 6.45) is -1.59. The first-order valence-electron chi connectivity index (χ1n) is 9.31. The minimum absolute atomic E-state index is 0.0133. The Balaban J connectivity index is 2.00. The average Bonchev–Trinajstić information content (AvgIpc) is 2.73. The normalized spacial score (nSPS) is 12.3. The predicted molar refractivity (Wildman–Crippen MR) is 109 cm³/mol. The lowest BCUT2D eigenvalue weighted by Crippen LogP contribution is -2.53. The number of aromatic hydroxyl groups is 1. The van der Waals surface area contributed by atoms with Gasteiger partial charge in [-0.2, -0.15) is 0 Å². The molecule has 0 spiro atoms. The van der Waals surface area contributed by atoms with Crippen molar-refractivity contribution >= 4 is 23.9 Å². The maximum atomic E-state index is 12.6. The van der Waals surface area contributed by atoms with E-state index < -0.39 is 42.4 Å². The van der Waals surface area contributed by atoms with Crippen LogP contribution in [0.1, 0.15) is 17.5 Å². The molecule has 3 amide bonds. The number of hydrogen-bond donors (Lipinski definition) is 5. The van der Waals surface area contributed by atoms with Gasteiger partial charge in [0.25, 0.3) is 0 Å². The molecule has 10 heteroatoms. The van der Waals surface area contributed by atoms with Crippen LogP contribution < -0.4 is 16.4 Å². The number of phenols is 1. The minimum Gasteiger partial charge on any atom is -0.508 e. The van der Waals surface area contributed by atoms with E-state index in [1.165, 1.54) is 24.3 Å². The van der Waals surface area contributed by atoms with Crippen LogP contribution in [0, 0.1) is 0 Å². The number of carbonyl (C=O) groups is 4. The second kappa shape index (κ2) is 11.2. The number of benzene rings is 2. The van der Waals surface area contributed by atoms with E-state index in [0.29, 0.717) is 11.1 Å². The number of primary amides is 1. The van der Waals surface area contributed by atoms with Gasteiger partial charge in [-0.3, -0.25) is 9.59 Å². The lowest BCUT2D eigenvalue weighted by Gasteiger charge is -2.20. The highest BCUT2D eigenvalue weighted by molar-refractivity contribution is 5.92. The van der Waals surface area contributed by atoms with Crippen molar-refractivity contribution in [1.29, 1.82) is 0 Å². The zero-order chi connectivity index (χ0) is 22.8. The fraction of sp³-hybridized carbons (Fsp3) is 0.238. The van der Waals surface area contributed by atoms with Crippen molar-refractivity contribution in [2.24, 2.45) is 5.73 Å². The average molecular weight is 429 g/mol. The molecule has 0 bridgehead atoms. The number of ether oxygens (including phenoxy) is 1. The SMILES string of the molecule is NC(=O)C[C@H](NC(=O)OCc1ccccc1)C(=O)N[C@H](Cc1ccc(O)cc1)C(=O)O. The number of carbonyl (C=O) groups excluding carboxylic acids is 3. The van der Waals surface area contributed by atoms with E-state index in [-0.39, 0.29) is 18.8 Å². The molecule has 0 radical (unpaired) electrons. The molecule has 31 heavy (non-hydrogen) atoms. The number of hydrogen-bond acceptors (Lipinski definition) is 6. The summed E-state index contributed by atoms with van der Waals surface area (Å²) in [7, 11) is 0. The van der Waals surface area contributed by atoms with Crippen LogP contribution in [0.15, 0.2) is 54.6 Å². The Bertz CT molecular complexity index is 916. The predicted octanol–water partition coefficient (Wildman–Crippen LogP) is 0.674. The van der Waals surface area contributed by atoms with Gasteiger partial charge in [-0.25, -0.2) is 9.59 Å². The van der Waals surface area contributed by atoms with Gasteiger partial charge in [0.05, 0.1) is 6.42 Å². The van der Waals surface area contributed by atoms with Gasteiger partial charge in [0.1, 0.15) is 24.4 Å². The number of amides is 3. The molecule has 0 aromatic heterocycles. The van der Waals surface area contributed by atoms with Crippen molar-refractivity contribution < 1.29 is 34.1 Å². The Morgan fingerprint density at radius 1 is 0.903 bits per heavy atom. The number of aliphatic carboxylic acids is 1. The van der Waals surface area contributed by atoms with Crippen LogP contribution in [0.5, 0.6) is 5.75 Å². The van der Waals surface area contributed by atoms with Gasteiger partial charge in [0, 0.05) is 6.42 Å². The van der Waals surface area contributed by atoms with E-state index in [0.717, 1.165) is 0 Å². The molecule has 0 saturated heterocycles. The number of nitrogens with two attached hydrogens (primary N) is 1. The summed E-state index contributed by atoms with van der Waals surface area (Å²) >= 11 is 0. The molecule has 2 rings (SSSR count). The minimum atomic E-state index is -1.41. The molecule has 2 aromatic rings. The van der Waals surface area contributed by atoms with Crippen LogP contribution in [-0.2, 0) is 32.1 Å². The van der Waals surface area contributed by atoms with Crippen molar-refractivity contribution in [3.63, 3.8) is 0 Å². The molecule has 2 aromatic carbocycles. The molecule has 0 aliphatic rings. The van der Waals surface area contributed by atoms with E-state index in [1.807, 2.05) is 0 Å². The number of carboxylic acids is 1. The first-order chi connectivity index (χ1) is 14.7. The molecule has 10 nitrogen and oxygen atoms in total. The van der Waals surface area contributed by atoms with E-state index in [1.54, 1.807) is 30.3 Å². The van der Waals surface area contributed by atoms with Crippen LogP contribution in [0.25, 0.3) is 0 Å². The van der Waals surface area contributed by atoms with Crippen molar-refractivity contribution in [1.82, 2.24) is 10.6 Å². The number of nitrogens with one attached hydrogen (secondary N) is 2. The number of rotatable bonds is 10. The van der Waals surface area contributed by atoms with Crippen LogP contribution in [0.2, 0.25) is 0 Å². The summed E-state index contributed by atoms with van der Waals surface area (Å²) in [6.45, 7) is -0.0593. The maximum Gasteiger partial charge on any atom is 0.408 e. The lowest BCUT2D eigenvalue weighted by atomic mass is 10.0. The molecule has 0 aliphatic carbocycles. The zero-order valence-corrected chi connectivity index (χ0v) is 16.5. The fourth-order valence-corrected chi connectivity index (χ4v) is 2.66. The highest BCUT2D eigenvalue weighted by atomic mass is 16.5. The largest absolute Gasteiger partial charge is 0.508 e. The molecule has 6 N–H and O–H groups in total. The van der Waals surface area contributed by atoms with Crippen molar-refractivity contribution in [3.8, 4) is 5.75 Å². The summed E-state index contributed by atoms with van der Waals surface area (Å²) < 4.78 is 5.03. The molecule has 164 valence electrons. The third-order valence-electron chi connectivity index (χ3n) is 4.22. The number of alkyl carbamates (subject to hydrolysis) is 1. The third-order valence-corrected chi connectivity index (χ3v) is 4.22.